The molecule has 0 aliphatic carbocycles. The second-order valence-corrected chi connectivity index (χ2v) is 10.8. The SMILES string of the molecule is C=C/C(F)=C\C=C(/C)c1c(/C=C/[C@@H](O)C[C@@H](O)CC(=O)O)c(C(C)C)nc2c1COCN2S(C)(=O)=O. The summed E-state index contributed by atoms with van der Waals surface area (Å²) in [6.07, 6.45) is 4.78. The van der Waals surface area contributed by atoms with Crippen LogP contribution >= 0.6 is 0 Å². The van der Waals surface area contributed by atoms with Crippen molar-refractivity contribution in [1.82, 2.24) is 4.98 Å². The van der Waals surface area contributed by atoms with Crippen molar-refractivity contribution in [3.63, 3.8) is 0 Å². The number of carboxylic acids is 1. The number of carboxylic acid groups (broad SMARTS) is 1. The van der Waals surface area contributed by atoms with Gasteiger partial charge >= 0.3 is 5.97 Å². The second-order valence-electron chi connectivity index (χ2n) is 8.85. The molecule has 0 bridgehead atoms. The van der Waals surface area contributed by atoms with E-state index < -0.39 is 40.4 Å². The van der Waals surface area contributed by atoms with Crippen LogP contribution in [0.5, 0.6) is 0 Å². The highest BCUT2D eigenvalue weighted by Crippen LogP contribution is 2.38. The van der Waals surface area contributed by atoms with Crippen molar-refractivity contribution in [1.29, 1.82) is 0 Å². The first kappa shape index (κ1) is 29.4. The minimum atomic E-state index is -3.71. The van der Waals surface area contributed by atoms with E-state index in [-0.39, 0.29) is 31.5 Å². The van der Waals surface area contributed by atoms with Crippen LogP contribution in [-0.4, -0.2) is 59.9 Å². The lowest BCUT2D eigenvalue weighted by Crippen LogP contribution is -2.37. The predicted molar refractivity (Wildman–Crippen MR) is 136 cm³/mol. The third-order valence-electron chi connectivity index (χ3n) is 5.47. The molecule has 9 nitrogen and oxygen atoms in total. The number of aliphatic hydroxyl groups excluding tert-OH is 2. The molecule has 11 heteroatoms. The number of hydrogen-bond donors (Lipinski definition) is 3. The molecule has 0 saturated heterocycles. The van der Waals surface area contributed by atoms with E-state index in [1.165, 1.54) is 18.2 Å². The number of sulfonamides is 1. The number of aliphatic carboxylic acids is 1. The van der Waals surface area contributed by atoms with Crippen molar-refractivity contribution >= 4 is 33.5 Å². The Morgan fingerprint density at radius 3 is 2.53 bits per heavy atom. The van der Waals surface area contributed by atoms with Gasteiger partial charge in [0.25, 0.3) is 0 Å². The predicted octanol–water partition coefficient (Wildman–Crippen LogP) is 3.50. The highest BCUT2D eigenvalue weighted by molar-refractivity contribution is 7.92. The maximum absolute atomic E-state index is 13.8. The van der Waals surface area contributed by atoms with Crippen molar-refractivity contribution in [2.24, 2.45) is 0 Å². The molecule has 2 rings (SSSR count). The number of ether oxygens (including phenoxy) is 1. The van der Waals surface area contributed by atoms with Gasteiger partial charge in [0.2, 0.25) is 10.0 Å². The van der Waals surface area contributed by atoms with Gasteiger partial charge < -0.3 is 20.1 Å². The summed E-state index contributed by atoms with van der Waals surface area (Å²) in [6, 6.07) is 0. The van der Waals surface area contributed by atoms with Gasteiger partial charge in [-0.15, -0.1) is 0 Å². The molecule has 0 aromatic carbocycles. The molecule has 0 fully saturated rings. The number of rotatable bonds is 11. The van der Waals surface area contributed by atoms with E-state index in [0.29, 0.717) is 28.0 Å². The molecule has 2 heterocycles. The molecule has 1 aromatic rings. The van der Waals surface area contributed by atoms with Crippen LogP contribution in [0.4, 0.5) is 10.2 Å². The molecule has 1 aliphatic heterocycles. The number of halogens is 1. The highest BCUT2D eigenvalue weighted by atomic mass is 32.2. The van der Waals surface area contributed by atoms with Crippen molar-refractivity contribution in [2.45, 2.75) is 58.3 Å². The summed E-state index contributed by atoms with van der Waals surface area (Å²) in [4.78, 5) is 15.5. The topological polar surface area (TPSA) is 137 Å². The van der Waals surface area contributed by atoms with Crippen LogP contribution in [0, 0.1) is 0 Å². The first-order valence-electron chi connectivity index (χ1n) is 11.3. The summed E-state index contributed by atoms with van der Waals surface area (Å²) in [5.41, 5.74) is 2.74. The lowest BCUT2D eigenvalue weighted by atomic mass is 9.90. The lowest BCUT2D eigenvalue weighted by Gasteiger charge is -2.32. The first-order chi connectivity index (χ1) is 16.8. The Morgan fingerprint density at radius 2 is 1.97 bits per heavy atom. The maximum atomic E-state index is 13.8. The summed E-state index contributed by atoms with van der Waals surface area (Å²) >= 11 is 0. The summed E-state index contributed by atoms with van der Waals surface area (Å²) in [5, 5.41) is 29.1. The number of carbonyl (C=O) groups is 1. The number of allylic oxidation sites excluding steroid dienone is 5. The van der Waals surface area contributed by atoms with E-state index in [1.54, 1.807) is 13.0 Å². The summed E-state index contributed by atoms with van der Waals surface area (Å²) < 4.78 is 45.3. The summed E-state index contributed by atoms with van der Waals surface area (Å²) in [7, 11) is -3.71. The van der Waals surface area contributed by atoms with E-state index in [9.17, 15) is 27.8 Å². The molecular weight excluding hydrogens is 491 g/mol. The van der Waals surface area contributed by atoms with Gasteiger partial charge in [0, 0.05) is 17.5 Å². The monoisotopic (exact) mass is 524 g/mol. The first-order valence-corrected chi connectivity index (χ1v) is 13.2. The molecule has 0 unspecified atom stereocenters. The molecule has 0 spiro atoms. The van der Waals surface area contributed by atoms with Crippen LogP contribution < -0.4 is 4.31 Å². The van der Waals surface area contributed by atoms with Gasteiger partial charge in [0.15, 0.2) is 5.82 Å². The Labute approximate surface area is 211 Å². The molecule has 0 radical (unpaired) electrons. The van der Waals surface area contributed by atoms with Crippen LogP contribution in [-0.2, 0) is 26.2 Å². The number of aliphatic hydroxyl groups is 2. The Morgan fingerprint density at radius 1 is 1.31 bits per heavy atom. The number of hydrogen-bond acceptors (Lipinski definition) is 7. The zero-order valence-corrected chi connectivity index (χ0v) is 21.6. The smallest absolute Gasteiger partial charge is 0.305 e. The zero-order chi connectivity index (χ0) is 27.2. The number of pyridine rings is 1. The van der Waals surface area contributed by atoms with Crippen LogP contribution in [0.3, 0.4) is 0 Å². The third kappa shape index (κ3) is 7.57. The number of anilines is 1. The van der Waals surface area contributed by atoms with Crippen LogP contribution in [0.2, 0.25) is 0 Å². The highest BCUT2D eigenvalue weighted by Gasteiger charge is 2.31. The third-order valence-corrected chi connectivity index (χ3v) is 6.55. The van der Waals surface area contributed by atoms with E-state index in [1.807, 2.05) is 13.8 Å². The Balaban J connectivity index is 2.75. The van der Waals surface area contributed by atoms with Crippen LogP contribution in [0.15, 0.2) is 36.7 Å². The standard InChI is InChI=1S/C25H33FN2O7S/c1-6-17(26)8-7-16(4)23-20(10-9-18(29)11-19(30)12-22(31)32)24(15(2)3)27-25-21(23)13-35-14-28(25)36(5,33)34/h6-10,15,18-19,29-30H,1,11-14H2,2-5H3,(H,31,32)/b10-9+,16-7+,17-8+/t18-,19-/m1/s1. The number of nitrogens with zero attached hydrogens (tertiary/aromatic N) is 2. The molecule has 2 atom stereocenters. The number of fused-ring (bicyclic) bond motifs is 1. The molecule has 1 aliphatic rings. The Hall–Kier alpha value is -2.86. The van der Waals surface area contributed by atoms with Gasteiger partial charge in [0.1, 0.15) is 12.6 Å². The van der Waals surface area contributed by atoms with Crippen molar-refractivity contribution in [3.8, 4) is 0 Å². The van der Waals surface area contributed by atoms with Gasteiger partial charge in [-0.2, -0.15) is 0 Å². The normalized spacial score (nSPS) is 16.8. The fraction of sp³-hybridized carbons (Fsp3) is 0.440. The minimum absolute atomic E-state index is 0.0572. The van der Waals surface area contributed by atoms with Gasteiger partial charge in [0.05, 0.1) is 37.2 Å². The summed E-state index contributed by atoms with van der Waals surface area (Å²) in [5.74, 6) is -1.69. The average Bonchev–Trinajstić information content (AvgIpc) is 2.78. The van der Waals surface area contributed by atoms with E-state index >= 15 is 0 Å². The molecule has 198 valence electrons. The Bertz CT molecular complexity index is 1190. The van der Waals surface area contributed by atoms with Crippen molar-refractivity contribution < 1.29 is 37.7 Å². The van der Waals surface area contributed by atoms with Crippen LogP contribution in [0.25, 0.3) is 11.6 Å². The van der Waals surface area contributed by atoms with Gasteiger partial charge in [-0.1, -0.05) is 38.7 Å². The van der Waals surface area contributed by atoms with E-state index in [4.69, 9.17) is 9.84 Å². The van der Waals surface area contributed by atoms with Crippen LogP contribution in [0.1, 0.15) is 61.9 Å². The quantitative estimate of drug-likeness (QED) is 0.374. The summed E-state index contributed by atoms with van der Waals surface area (Å²) in [6.45, 7) is 8.74. The fourth-order valence-electron chi connectivity index (χ4n) is 3.80. The Kier molecular flexibility index (Phi) is 10.1. The van der Waals surface area contributed by atoms with E-state index in [0.717, 1.165) is 16.6 Å². The molecular formula is C25H33FN2O7S. The molecule has 3 N–H and O–H groups in total. The number of aromatic nitrogens is 1. The fourth-order valence-corrected chi connectivity index (χ4v) is 4.53. The average molecular weight is 525 g/mol. The lowest BCUT2D eigenvalue weighted by molar-refractivity contribution is -0.139. The molecule has 36 heavy (non-hydrogen) atoms. The molecule has 1 aromatic heterocycles. The second kappa shape index (κ2) is 12.4. The van der Waals surface area contributed by atoms with Gasteiger partial charge in [-0.25, -0.2) is 22.1 Å². The van der Waals surface area contributed by atoms with E-state index in [2.05, 4.69) is 11.6 Å². The molecule has 0 amide bonds. The van der Waals surface area contributed by atoms with Crippen molar-refractivity contribution in [2.75, 3.05) is 17.3 Å². The molecule has 0 saturated carbocycles. The largest absolute Gasteiger partial charge is 0.481 e. The minimum Gasteiger partial charge on any atom is -0.481 e. The van der Waals surface area contributed by atoms with Gasteiger partial charge in [-0.05, 0) is 36.1 Å². The zero-order valence-electron chi connectivity index (χ0n) is 20.8. The van der Waals surface area contributed by atoms with Crippen molar-refractivity contribution in [3.05, 3.63) is 59.1 Å². The maximum Gasteiger partial charge on any atom is 0.305 e. The van der Waals surface area contributed by atoms with Gasteiger partial charge in [-0.3, -0.25) is 4.79 Å².